The Labute approximate surface area is 220 Å². The van der Waals surface area contributed by atoms with E-state index in [0.29, 0.717) is 16.8 Å². The Hall–Kier alpha value is -3.24. The summed E-state index contributed by atoms with van der Waals surface area (Å²) in [6, 6.07) is 8.99. The van der Waals surface area contributed by atoms with Crippen molar-refractivity contribution < 1.29 is 15.0 Å². The van der Waals surface area contributed by atoms with Crippen LogP contribution in [0.25, 0.3) is 0 Å². The lowest BCUT2D eigenvalue weighted by molar-refractivity contribution is 0.0701. The quantitative estimate of drug-likeness (QED) is 0.448. The SMILES string of the molecule is Cc1nc(Nc2nc(N3CCC(O)CC3)c3c(n2)N(C2CCc4ccccc42)CCCC3)sc1C(=O)O. The number of aliphatic hydroxyl groups is 1. The minimum atomic E-state index is -0.982. The molecule has 0 saturated carbocycles. The van der Waals surface area contributed by atoms with Crippen LogP contribution in [0.5, 0.6) is 0 Å². The van der Waals surface area contributed by atoms with Gasteiger partial charge >= 0.3 is 5.97 Å². The van der Waals surface area contributed by atoms with Crippen LogP contribution < -0.4 is 15.1 Å². The van der Waals surface area contributed by atoms with Crippen LogP contribution in [0.3, 0.4) is 0 Å². The van der Waals surface area contributed by atoms with Gasteiger partial charge in [0.15, 0.2) is 5.13 Å². The predicted octanol–water partition coefficient (Wildman–Crippen LogP) is 4.47. The van der Waals surface area contributed by atoms with E-state index in [4.69, 9.17) is 9.97 Å². The zero-order valence-electron chi connectivity index (χ0n) is 21.0. The maximum atomic E-state index is 11.6. The van der Waals surface area contributed by atoms with Crippen LogP contribution in [0, 0.1) is 6.92 Å². The molecule has 6 rings (SSSR count). The summed E-state index contributed by atoms with van der Waals surface area (Å²) in [6.07, 6.45) is 6.36. The molecule has 1 unspecified atom stereocenters. The molecule has 37 heavy (non-hydrogen) atoms. The Morgan fingerprint density at radius 2 is 1.81 bits per heavy atom. The number of benzene rings is 1. The Balaban J connectivity index is 1.43. The van der Waals surface area contributed by atoms with Gasteiger partial charge in [0.2, 0.25) is 5.95 Å². The van der Waals surface area contributed by atoms with Crippen LogP contribution in [0.1, 0.15) is 70.2 Å². The fourth-order valence-corrected chi connectivity index (χ4v) is 6.71. The average molecular weight is 521 g/mol. The molecule has 10 heteroatoms. The van der Waals surface area contributed by atoms with Gasteiger partial charge < -0.3 is 20.0 Å². The zero-order chi connectivity index (χ0) is 25.5. The number of carbonyl (C=O) groups is 1. The number of hydrogen-bond donors (Lipinski definition) is 3. The van der Waals surface area contributed by atoms with Gasteiger partial charge in [0, 0.05) is 25.2 Å². The van der Waals surface area contributed by atoms with E-state index in [1.165, 1.54) is 16.7 Å². The van der Waals surface area contributed by atoms with Crippen LogP contribution in [-0.4, -0.2) is 56.9 Å². The maximum absolute atomic E-state index is 11.6. The molecule has 0 amide bonds. The molecule has 0 radical (unpaired) electrons. The van der Waals surface area contributed by atoms with Crippen LogP contribution in [-0.2, 0) is 12.8 Å². The second-order valence-corrected chi connectivity index (χ2v) is 11.2. The van der Waals surface area contributed by atoms with E-state index < -0.39 is 5.97 Å². The smallest absolute Gasteiger partial charge is 0.347 e. The lowest BCUT2D eigenvalue weighted by atomic mass is 10.0. The number of aromatic nitrogens is 3. The Kier molecular flexibility index (Phi) is 6.46. The standard InChI is InChI=1S/C27H32N6O3S/c1-16-22(25(35)36)37-27(28-16)31-26-29-23(32-14-11-18(34)12-15-32)20-8-4-5-13-33(24(20)30-26)21-10-9-17-6-2-3-7-19(17)21/h2-3,6-7,18,21,34H,4-5,8-15H2,1H3,(H,35,36)(H,28,29,30,31). The van der Waals surface area contributed by atoms with Crippen molar-refractivity contribution >= 4 is 40.0 Å². The molecule has 9 nitrogen and oxygen atoms in total. The number of anilines is 4. The first-order valence-electron chi connectivity index (χ1n) is 13.1. The summed E-state index contributed by atoms with van der Waals surface area (Å²) in [5, 5.41) is 23.3. The number of thiazole rings is 1. The molecule has 1 aromatic carbocycles. The van der Waals surface area contributed by atoms with E-state index in [0.717, 1.165) is 87.6 Å². The maximum Gasteiger partial charge on any atom is 0.347 e. The molecule has 3 aliphatic rings. The highest BCUT2D eigenvalue weighted by atomic mass is 32.1. The second kappa shape index (κ2) is 9.90. The fourth-order valence-electron chi connectivity index (χ4n) is 5.91. The third kappa shape index (κ3) is 4.64. The molecule has 4 heterocycles. The first-order valence-corrected chi connectivity index (χ1v) is 14.0. The topological polar surface area (TPSA) is 115 Å². The first-order chi connectivity index (χ1) is 18.0. The number of nitrogens with zero attached hydrogens (tertiary/aromatic N) is 5. The van der Waals surface area contributed by atoms with Crippen molar-refractivity contribution in [2.24, 2.45) is 0 Å². The third-order valence-electron chi connectivity index (χ3n) is 7.76. The summed E-state index contributed by atoms with van der Waals surface area (Å²) in [6.45, 7) is 4.12. The van der Waals surface area contributed by atoms with Gasteiger partial charge in [-0.1, -0.05) is 35.6 Å². The number of aryl methyl sites for hydroxylation is 2. The Morgan fingerprint density at radius 1 is 1.03 bits per heavy atom. The van der Waals surface area contributed by atoms with Crippen LogP contribution in [0.2, 0.25) is 0 Å². The van der Waals surface area contributed by atoms with E-state index in [1.54, 1.807) is 6.92 Å². The van der Waals surface area contributed by atoms with Crippen LogP contribution >= 0.6 is 11.3 Å². The molecule has 2 aromatic heterocycles. The number of hydrogen-bond acceptors (Lipinski definition) is 9. The highest BCUT2D eigenvalue weighted by Crippen LogP contribution is 2.43. The molecular formula is C27H32N6O3S. The van der Waals surface area contributed by atoms with Crippen molar-refractivity contribution in [3.63, 3.8) is 0 Å². The second-order valence-electron chi connectivity index (χ2n) is 10.2. The summed E-state index contributed by atoms with van der Waals surface area (Å²) in [5.74, 6) is 1.34. The summed E-state index contributed by atoms with van der Waals surface area (Å²) >= 11 is 1.10. The largest absolute Gasteiger partial charge is 0.477 e. The molecule has 3 aromatic rings. The summed E-state index contributed by atoms with van der Waals surface area (Å²) < 4.78 is 0. The Bertz CT molecular complexity index is 1320. The molecular weight excluding hydrogens is 488 g/mol. The monoisotopic (exact) mass is 520 g/mol. The summed E-state index contributed by atoms with van der Waals surface area (Å²) in [4.78, 5) is 31.0. The highest BCUT2D eigenvalue weighted by Gasteiger charge is 2.34. The lowest BCUT2D eigenvalue weighted by Gasteiger charge is -2.35. The average Bonchev–Trinajstić information content (AvgIpc) is 3.41. The number of aromatic carboxylic acids is 1. The van der Waals surface area contributed by atoms with Gasteiger partial charge in [0.05, 0.1) is 17.8 Å². The van der Waals surface area contributed by atoms with Gasteiger partial charge in [0.25, 0.3) is 0 Å². The summed E-state index contributed by atoms with van der Waals surface area (Å²) in [5.41, 5.74) is 4.44. The third-order valence-corrected chi connectivity index (χ3v) is 8.82. The number of carboxylic acids is 1. The molecule has 1 aliphatic carbocycles. The molecule has 1 fully saturated rings. The van der Waals surface area contributed by atoms with Crippen molar-refractivity contribution in [2.75, 3.05) is 34.8 Å². The minimum absolute atomic E-state index is 0.215. The van der Waals surface area contributed by atoms with Gasteiger partial charge in [-0.15, -0.1) is 0 Å². The number of rotatable bonds is 5. The van der Waals surface area contributed by atoms with E-state index in [-0.39, 0.29) is 17.0 Å². The van der Waals surface area contributed by atoms with E-state index in [9.17, 15) is 15.0 Å². The molecule has 2 aliphatic heterocycles. The van der Waals surface area contributed by atoms with Gasteiger partial charge in [0.1, 0.15) is 16.5 Å². The lowest BCUT2D eigenvalue weighted by Crippen LogP contribution is -2.37. The highest BCUT2D eigenvalue weighted by molar-refractivity contribution is 7.17. The van der Waals surface area contributed by atoms with Crippen molar-refractivity contribution in [3.05, 3.63) is 51.5 Å². The molecule has 0 bridgehead atoms. The number of aliphatic hydroxyl groups excluding tert-OH is 1. The number of piperidine rings is 1. The number of carboxylic acid groups (broad SMARTS) is 1. The zero-order valence-corrected chi connectivity index (χ0v) is 21.8. The normalized spacial score (nSPS) is 19.9. The van der Waals surface area contributed by atoms with Crippen molar-refractivity contribution in [1.82, 2.24) is 15.0 Å². The van der Waals surface area contributed by atoms with Gasteiger partial charge in [-0.2, -0.15) is 9.97 Å². The molecule has 0 spiro atoms. The molecule has 1 saturated heterocycles. The molecule has 1 atom stereocenters. The Morgan fingerprint density at radius 3 is 2.59 bits per heavy atom. The van der Waals surface area contributed by atoms with Crippen LogP contribution in [0.4, 0.5) is 22.7 Å². The van der Waals surface area contributed by atoms with Gasteiger partial charge in [-0.05, 0) is 63.0 Å². The fraction of sp³-hybridized carbons (Fsp3) is 0.481. The van der Waals surface area contributed by atoms with Crippen molar-refractivity contribution in [3.8, 4) is 0 Å². The van der Waals surface area contributed by atoms with Gasteiger partial charge in [-0.3, -0.25) is 5.32 Å². The number of fused-ring (bicyclic) bond motifs is 2. The number of nitrogens with one attached hydrogen (secondary N) is 1. The van der Waals surface area contributed by atoms with E-state index >= 15 is 0 Å². The van der Waals surface area contributed by atoms with Crippen molar-refractivity contribution in [1.29, 1.82) is 0 Å². The van der Waals surface area contributed by atoms with Crippen LogP contribution in [0.15, 0.2) is 24.3 Å². The van der Waals surface area contributed by atoms with Crippen molar-refractivity contribution in [2.45, 2.75) is 64.0 Å². The van der Waals surface area contributed by atoms with Gasteiger partial charge in [-0.25, -0.2) is 9.78 Å². The predicted molar refractivity (Wildman–Crippen MR) is 144 cm³/mol. The molecule has 194 valence electrons. The summed E-state index contributed by atoms with van der Waals surface area (Å²) in [7, 11) is 0. The first kappa shape index (κ1) is 24.1. The minimum Gasteiger partial charge on any atom is -0.477 e. The van der Waals surface area contributed by atoms with E-state index in [2.05, 4.69) is 44.4 Å². The molecule has 3 N–H and O–H groups in total. The van der Waals surface area contributed by atoms with E-state index in [1.807, 2.05) is 0 Å².